The highest BCUT2D eigenvalue weighted by Crippen LogP contribution is 2.20. The first kappa shape index (κ1) is 13.0. The molecule has 1 aromatic rings. The third-order valence-electron chi connectivity index (χ3n) is 3.88. The number of urea groups is 1. The van der Waals surface area contributed by atoms with Gasteiger partial charge in [0.2, 0.25) is 0 Å². The van der Waals surface area contributed by atoms with E-state index >= 15 is 0 Å². The van der Waals surface area contributed by atoms with Crippen LogP contribution in [0.2, 0.25) is 0 Å². The van der Waals surface area contributed by atoms with Crippen molar-refractivity contribution in [3.05, 3.63) is 29.8 Å². The predicted molar refractivity (Wildman–Crippen MR) is 76.9 cm³/mol. The Balaban J connectivity index is 1.81. The van der Waals surface area contributed by atoms with Crippen LogP contribution in [0.1, 0.15) is 29.6 Å². The minimum absolute atomic E-state index is 0.0711. The first-order valence-corrected chi connectivity index (χ1v) is 7.20. The lowest BCUT2D eigenvalue weighted by atomic mass is 10.1. The maximum atomic E-state index is 12.4. The zero-order valence-corrected chi connectivity index (χ0v) is 11.5. The Morgan fingerprint density at radius 3 is 2.65 bits per heavy atom. The molecule has 0 radical (unpaired) electrons. The second-order valence-corrected chi connectivity index (χ2v) is 5.29. The molecule has 5 nitrogen and oxygen atoms in total. The van der Waals surface area contributed by atoms with Crippen LogP contribution in [0.5, 0.6) is 0 Å². The molecule has 1 aromatic carbocycles. The third kappa shape index (κ3) is 2.48. The predicted octanol–water partition coefficient (Wildman–Crippen LogP) is 1.84. The van der Waals surface area contributed by atoms with Crippen LogP contribution in [0.25, 0.3) is 0 Å². The summed E-state index contributed by atoms with van der Waals surface area (Å²) in [4.78, 5) is 27.8. The lowest BCUT2D eigenvalue weighted by Gasteiger charge is -2.28. The number of rotatable bonds is 2. The Hall–Kier alpha value is -2.04. The van der Waals surface area contributed by atoms with Gasteiger partial charge in [-0.05, 0) is 37.5 Å². The number of hydrogen-bond donors (Lipinski definition) is 1. The summed E-state index contributed by atoms with van der Waals surface area (Å²) >= 11 is 0. The van der Waals surface area contributed by atoms with Crippen molar-refractivity contribution in [2.24, 2.45) is 0 Å². The number of carbonyl (C=O) groups excluding carboxylic acids is 2. The van der Waals surface area contributed by atoms with Gasteiger partial charge in [0.15, 0.2) is 0 Å². The molecule has 0 spiro atoms. The first-order chi connectivity index (χ1) is 9.75. The Labute approximate surface area is 118 Å². The number of hydrogen-bond acceptors (Lipinski definition) is 2. The second-order valence-electron chi connectivity index (χ2n) is 5.29. The van der Waals surface area contributed by atoms with Gasteiger partial charge in [-0.2, -0.15) is 0 Å². The van der Waals surface area contributed by atoms with Gasteiger partial charge in [0.1, 0.15) is 0 Å². The molecule has 20 heavy (non-hydrogen) atoms. The van der Waals surface area contributed by atoms with Crippen molar-refractivity contribution >= 4 is 17.6 Å². The molecule has 0 atom stereocenters. The van der Waals surface area contributed by atoms with Crippen LogP contribution in [0.15, 0.2) is 24.3 Å². The van der Waals surface area contributed by atoms with Gasteiger partial charge < -0.3 is 10.2 Å². The lowest BCUT2D eigenvalue weighted by molar-refractivity contribution is 0.0793. The molecule has 2 aliphatic rings. The number of likely N-dealkylation sites (tertiary alicyclic amines) is 1. The second kappa shape index (κ2) is 5.53. The van der Waals surface area contributed by atoms with E-state index in [0.717, 1.165) is 44.6 Å². The molecule has 3 rings (SSSR count). The van der Waals surface area contributed by atoms with Crippen LogP contribution in [-0.4, -0.2) is 43.0 Å². The van der Waals surface area contributed by atoms with Crippen LogP contribution < -0.4 is 10.2 Å². The van der Waals surface area contributed by atoms with Gasteiger partial charge in [-0.25, -0.2) is 4.79 Å². The van der Waals surface area contributed by atoms with Gasteiger partial charge in [-0.3, -0.25) is 9.69 Å². The fraction of sp³-hybridized carbons (Fsp3) is 0.467. The van der Waals surface area contributed by atoms with Gasteiger partial charge in [0, 0.05) is 37.4 Å². The van der Waals surface area contributed by atoms with E-state index in [1.807, 2.05) is 29.2 Å². The van der Waals surface area contributed by atoms with Crippen molar-refractivity contribution < 1.29 is 9.59 Å². The van der Waals surface area contributed by atoms with Crippen LogP contribution in [0.3, 0.4) is 0 Å². The summed E-state index contributed by atoms with van der Waals surface area (Å²) in [5.74, 6) is 0.0711. The molecular formula is C15H19N3O2. The van der Waals surface area contributed by atoms with Crippen LogP contribution >= 0.6 is 0 Å². The summed E-state index contributed by atoms with van der Waals surface area (Å²) in [6.07, 6.45) is 3.09. The largest absolute Gasteiger partial charge is 0.339 e. The van der Waals surface area contributed by atoms with Crippen LogP contribution in [0.4, 0.5) is 10.5 Å². The zero-order valence-electron chi connectivity index (χ0n) is 11.5. The maximum Gasteiger partial charge on any atom is 0.321 e. The molecule has 106 valence electrons. The van der Waals surface area contributed by atoms with E-state index in [2.05, 4.69) is 5.32 Å². The average molecular weight is 273 g/mol. The van der Waals surface area contributed by atoms with E-state index < -0.39 is 0 Å². The number of nitrogens with zero attached hydrogens (tertiary/aromatic N) is 2. The van der Waals surface area contributed by atoms with E-state index in [9.17, 15) is 9.59 Å². The Kier molecular flexibility index (Phi) is 3.58. The molecule has 0 bridgehead atoms. The molecule has 2 aliphatic heterocycles. The molecule has 2 heterocycles. The Bertz CT molecular complexity index is 524. The normalized spacial score (nSPS) is 19.1. The van der Waals surface area contributed by atoms with Crippen molar-refractivity contribution in [1.29, 1.82) is 0 Å². The number of benzene rings is 1. The molecule has 5 heteroatoms. The van der Waals surface area contributed by atoms with Crippen molar-refractivity contribution in [3.8, 4) is 0 Å². The molecule has 3 amide bonds. The quantitative estimate of drug-likeness (QED) is 0.894. The van der Waals surface area contributed by atoms with Crippen molar-refractivity contribution in [2.45, 2.75) is 19.3 Å². The molecule has 2 saturated heterocycles. The lowest BCUT2D eigenvalue weighted by Crippen LogP contribution is -2.46. The van der Waals surface area contributed by atoms with Gasteiger partial charge in [-0.1, -0.05) is 6.07 Å². The molecule has 0 aromatic heterocycles. The number of amides is 3. The fourth-order valence-corrected chi connectivity index (χ4v) is 2.79. The minimum atomic E-state index is -0.0815. The van der Waals surface area contributed by atoms with Crippen molar-refractivity contribution in [1.82, 2.24) is 10.2 Å². The number of carbonyl (C=O) groups is 2. The van der Waals surface area contributed by atoms with E-state index in [4.69, 9.17) is 0 Å². The SMILES string of the molecule is O=C(c1cccc(N2CCCNC2=O)c1)N1CCCC1. The molecule has 1 N–H and O–H groups in total. The van der Waals surface area contributed by atoms with Gasteiger partial charge in [-0.15, -0.1) is 0 Å². The highest BCUT2D eigenvalue weighted by atomic mass is 16.2. The van der Waals surface area contributed by atoms with E-state index in [1.165, 1.54) is 0 Å². The van der Waals surface area contributed by atoms with Gasteiger partial charge >= 0.3 is 6.03 Å². The zero-order chi connectivity index (χ0) is 13.9. The summed E-state index contributed by atoms with van der Waals surface area (Å²) < 4.78 is 0. The summed E-state index contributed by atoms with van der Waals surface area (Å²) in [6, 6.07) is 7.30. The summed E-state index contributed by atoms with van der Waals surface area (Å²) in [5, 5.41) is 2.83. The van der Waals surface area contributed by atoms with Crippen molar-refractivity contribution in [2.75, 3.05) is 31.1 Å². The monoisotopic (exact) mass is 273 g/mol. The first-order valence-electron chi connectivity index (χ1n) is 7.20. The summed E-state index contributed by atoms with van der Waals surface area (Å²) in [7, 11) is 0. The van der Waals surface area contributed by atoms with Crippen LogP contribution in [-0.2, 0) is 0 Å². The molecule has 0 aliphatic carbocycles. The molecule has 0 saturated carbocycles. The highest BCUT2D eigenvalue weighted by molar-refractivity contribution is 5.98. The molecule has 2 fully saturated rings. The number of nitrogens with one attached hydrogen (secondary N) is 1. The number of anilines is 1. The third-order valence-corrected chi connectivity index (χ3v) is 3.88. The highest BCUT2D eigenvalue weighted by Gasteiger charge is 2.22. The summed E-state index contributed by atoms with van der Waals surface area (Å²) in [5.41, 5.74) is 1.47. The Morgan fingerprint density at radius 2 is 1.90 bits per heavy atom. The molecule has 0 unspecified atom stereocenters. The van der Waals surface area contributed by atoms with E-state index in [1.54, 1.807) is 4.90 Å². The smallest absolute Gasteiger partial charge is 0.321 e. The van der Waals surface area contributed by atoms with Gasteiger partial charge in [0.05, 0.1) is 0 Å². The fourth-order valence-electron chi connectivity index (χ4n) is 2.79. The van der Waals surface area contributed by atoms with Gasteiger partial charge in [0.25, 0.3) is 5.91 Å². The minimum Gasteiger partial charge on any atom is -0.339 e. The van der Waals surface area contributed by atoms with Crippen LogP contribution in [0, 0.1) is 0 Å². The summed E-state index contributed by atoms with van der Waals surface area (Å²) in [6.45, 7) is 3.11. The van der Waals surface area contributed by atoms with E-state index in [0.29, 0.717) is 12.1 Å². The van der Waals surface area contributed by atoms with Crippen molar-refractivity contribution in [3.63, 3.8) is 0 Å². The maximum absolute atomic E-state index is 12.4. The Morgan fingerprint density at radius 1 is 1.10 bits per heavy atom. The topological polar surface area (TPSA) is 52.7 Å². The average Bonchev–Trinajstić information content (AvgIpc) is 3.01. The molecular weight excluding hydrogens is 254 g/mol. The van der Waals surface area contributed by atoms with E-state index in [-0.39, 0.29) is 11.9 Å². The standard InChI is InChI=1S/C15H19N3O2/c19-14(17-8-1-2-9-17)12-5-3-6-13(11-12)18-10-4-7-16-15(18)20/h3,5-6,11H,1-2,4,7-10H2,(H,16,20).